The quantitative estimate of drug-likeness (QED) is 0.454. The predicted molar refractivity (Wildman–Crippen MR) is 118 cm³/mol. The molecule has 0 fully saturated rings. The summed E-state index contributed by atoms with van der Waals surface area (Å²) in [6, 6.07) is 13.1. The fraction of sp³-hybridized carbons (Fsp3) is 0.273. The molecule has 0 atom stereocenters. The molecule has 0 aliphatic heterocycles. The number of ether oxygens (including phenoxy) is 1. The number of rotatable bonds is 7. The lowest BCUT2D eigenvalue weighted by molar-refractivity contribution is 0.0781. The van der Waals surface area contributed by atoms with Crippen molar-refractivity contribution in [2.45, 2.75) is 33.5 Å². The zero-order chi connectivity index (χ0) is 21.0. The van der Waals surface area contributed by atoms with Crippen molar-refractivity contribution >= 4 is 33.4 Å². The van der Waals surface area contributed by atoms with Gasteiger partial charge in [0.1, 0.15) is 12.4 Å². The lowest BCUT2D eigenvalue weighted by Crippen LogP contribution is -2.27. The molecule has 7 heteroatoms. The summed E-state index contributed by atoms with van der Waals surface area (Å²) in [5.74, 6) is 0.578. The van der Waals surface area contributed by atoms with Crippen molar-refractivity contribution in [2.24, 2.45) is 0 Å². The highest BCUT2D eigenvalue weighted by Gasteiger charge is 2.17. The molecule has 152 valence electrons. The van der Waals surface area contributed by atoms with Crippen LogP contribution in [0.25, 0.3) is 0 Å². The number of amides is 1. The van der Waals surface area contributed by atoms with Crippen LogP contribution in [0.15, 0.2) is 53.1 Å². The molecule has 1 heterocycles. The van der Waals surface area contributed by atoms with Crippen LogP contribution < -0.4 is 4.74 Å². The molecule has 0 saturated heterocycles. The van der Waals surface area contributed by atoms with Crippen LogP contribution in [0, 0.1) is 6.92 Å². The smallest absolute Gasteiger partial charge is 0.253 e. The maximum atomic E-state index is 12.9. The van der Waals surface area contributed by atoms with Crippen LogP contribution >= 0.6 is 27.5 Å². The van der Waals surface area contributed by atoms with E-state index < -0.39 is 0 Å². The highest BCUT2D eigenvalue weighted by atomic mass is 79.9. The highest BCUT2D eigenvalue weighted by Crippen LogP contribution is 2.26. The summed E-state index contributed by atoms with van der Waals surface area (Å²) in [5.41, 5.74) is 3.56. The first-order valence-electron chi connectivity index (χ1n) is 9.32. The van der Waals surface area contributed by atoms with Crippen LogP contribution in [0.1, 0.15) is 34.1 Å². The number of hydrogen-bond acceptors (Lipinski definition) is 3. The predicted octanol–water partition coefficient (Wildman–Crippen LogP) is 5.48. The summed E-state index contributed by atoms with van der Waals surface area (Å²) in [4.78, 5) is 14.6. The van der Waals surface area contributed by atoms with Gasteiger partial charge in [-0.05, 0) is 65.2 Å². The molecule has 0 aliphatic rings. The van der Waals surface area contributed by atoms with E-state index in [1.807, 2.05) is 61.0 Å². The fourth-order valence-corrected chi connectivity index (χ4v) is 3.60. The maximum absolute atomic E-state index is 12.9. The first kappa shape index (κ1) is 21.4. The average molecular weight is 477 g/mol. The Labute approximate surface area is 184 Å². The fourth-order valence-electron chi connectivity index (χ4n) is 3.01. The molecule has 1 amide bonds. The number of aromatic nitrogens is 2. The summed E-state index contributed by atoms with van der Waals surface area (Å²) in [6.07, 6.45) is 1.76. The van der Waals surface area contributed by atoms with Crippen LogP contribution in [0.2, 0.25) is 5.02 Å². The molecule has 0 bridgehead atoms. The molecule has 0 radical (unpaired) electrons. The van der Waals surface area contributed by atoms with E-state index in [1.54, 1.807) is 18.1 Å². The van der Waals surface area contributed by atoms with E-state index in [-0.39, 0.29) is 5.91 Å². The molecule has 0 saturated carbocycles. The largest absolute Gasteiger partial charge is 0.487 e. The lowest BCUT2D eigenvalue weighted by Gasteiger charge is -2.19. The number of halogens is 2. The van der Waals surface area contributed by atoms with Gasteiger partial charge in [-0.2, -0.15) is 5.10 Å². The zero-order valence-electron chi connectivity index (χ0n) is 16.7. The van der Waals surface area contributed by atoms with Crippen LogP contribution in [0.3, 0.4) is 0 Å². The van der Waals surface area contributed by atoms with Crippen molar-refractivity contribution in [3.63, 3.8) is 0 Å². The first-order chi connectivity index (χ1) is 13.9. The number of nitrogens with zero attached hydrogens (tertiary/aromatic N) is 3. The second-order valence-corrected chi connectivity index (χ2v) is 8.10. The molecule has 3 aromatic rings. The molecule has 3 rings (SSSR count). The van der Waals surface area contributed by atoms with Gasteiger partial charge < -0.3 is 9.64 Å². The third kappa shape index (κ3) is 5.19. The zero-order valence-corrected chi connectivity index (χ0v) is 19.0. The highest BCUT2D eigenvalue weighted by molar-refractivity contribution is 9.10. The first-order valence-corrected chi connectivity index (χ1v) is 10.5. The minimum Gasteiger partial charge on any atom is -0.487 e. The number of carbonyl (C=O) groups is 1. The summed E-state index contributed by atoms with van der Waals surface area (Å²) < 4.78 is 8.63. The summed E-state index contributed by atoms with van der Waals surface area (Å²) >= 11 is 9.70. The van der Waals surface area contributed by atoms with Crippen LogP contribution in [0.4, 0.5) is 0 Å². The van der Waals surface area contributed by atoms with Gasteiger partial charge in [-0.15, -0.1) is 0 Å². The molecular formula is C22H23BrClN3O2. The van der Waals surface area contributed by atoms with Gasteiger partial charge >= 0.3 is 0 Å². The van der Waals surface area contributed by atoms with Crippen LogP contribution in [-0.4, -0.2) is 27.6 Å². The van der Waals surface area contributed by atoms with Crippen molar-refractivity contribution in [2.75, 3.05) is 7.05 Å². The van der Waals surface area contributed by atoms with Gasteiger partial charge in [-0.3, -0.25) is 9.48 Å². The normalized spacial score (nSPS) is 10.8. The standard InChI is InChI=1S/C22H23BrClN3O2/c1-4-27-20(18(23)12-25-27)13-26(3)22(28)17-7-5-6-16(11-17)14-29-21-10-15(2)8-9-19(21)24/h5-12H,4,13-14H2,1-3H3. The Hall–Kier alpha value is -2.31. The van der Waals surface area contributed by atoms with E-state index in [0.29, 0.717) is 29.5 Å². The third-order valence-corrected chi connectivity index (χ3v) is 5.56. The van der Waals surface area contributed by atoms with E-state index in [9.17, 15) is 4.79 Å². The summed E-state index contributed by atoms with van der Waals surface area (Å²) in [5, 5.41) is 4.87. The molecule has 29 heavy (non-hydrogen) atoms. The molecule has 0 spiro atoms. The number of carbonyl (C=O) groups excluding carboxylic acids is 1. The maximum Gasteiger partial charge on any atom is 0.253 e. The van der Waals surface area contributed by atoms with Crippen LogP contribution in [-0.2, 0) is 19.7 Å². The van der Waals surface area contributed by atoms with Crippen molar-refractivity contribution in [1.29, 1.82) is 0 Å². The van der Waals surface area contributed by atoms with Gasteiger partial charge in [0.25, 0.3) is 5.91 Å². The Bertz CT molecular complexity index is 1020. The minimum absolute atomic E-state index is 0.0591. The SMILES string of the molecule is CCn1ncc(Br)c1CN(C)C(=O)c1cccc(COc2cc(C)ccc2Cl)c1. The molecule has 5 nitrogen and oxygen atoms in total. The molecule has 0 N–H and O–H groups in total. The minimum atomic E-state index is -0.0591. The van der Waals surface area contributed by atoms with Crippen LogP contribution in [0.5, 0.6) is 5.75 Å². The Morgan fingerprint density at radius 3 is 2.83 bits per heavy atom. The van der Waals surface area contributed by atoms with E-state index in [0.717, 1.165) is 27.8 Å². The Kier molecular flexibility index (Phi) is 6.98. The molecule has 0 unspecified atom stereocenters. The van der Waals surface area contributed by atoms with E-state index >= 15 is 0 Å². The lowest BCUT2D eigenvalue weighted by atomic mass is 10.1. The van der Waals surface area contributed by atoms with Gasteiger partial charge in [0, 0.05) is 19.2 Å². The second kappa shape index (κ2) is 9.46. The van der Waals surface area contributed by atoms with Gasteiger partial charge in [-0.25, -0.2) is 0 Å². The van der Waals surface area contributed by atoms with Gasteiger partial charge in [-0.1, -0.05) is 29.8 Å². The molecule has 2 aromatic carbocycles. The Balaban J connectivity index is 1.70. The summed E-state index contributed by atoms with van der Waals surface area (Å²) in [6.45, 7) is 5.56. The molecular weight excluding hydrogens is 454 g/mol. The van der Waals surface area contributed by atoms with Gasteiger partial charge in [0.2, 0.25) is 0 Å². The van der Waals surface area contributed by atoms with Crippen molar-refractivity contribution in [1.82, 2.24) is 14.7 Å². The second-order valence-electron chi connectivity index (χ2n) is 6.84. The van der Waals surface area contributed by atoms with E-state index in [2.05, 4.69) is 21.0 Å². The third-order valence-electron chi connectivity index (χ3n) is 4.59. The Morgan fingerprint density at radius 1 is 1.28 bits per heavy atom. The summed E-state index contributed by atoms with van der Waals surface area (Å²) in [7, 11) is 1.79. The van der Waals surface area contributed by atoms with Gasteiger partial charge in [0.05, 0.1) is 27.9 Å². The number of benzene rings is 2. The Morgan fingerprint density at radius 2 is 2.07 bits per heavy atom. The van der Waals surface area contributed by atoms with Crippen molar-refractivity contribution < 1.29 is 9.53 Å². The average Bonchev–Trinajstić information content (AvgIpc) is 3.07. The van der Waals surface area contributed by atoms with Crippen molar-refractivity contribution in [3.8, 4) is 5.75 Å². The van der Waals surface area contributed by atoms with Gasteiger partial charge in [0.15, 0.2) is 0 Å². The topological polar surface area (TPSA) is 47.4 Å². The monoisotopic (exact) mass is 475 g/mol. The molecule has 1 aromatic heterocycles. The number of aryl methyl sites for hydroxylation is 2. The number of hydrogen-bond donors (Lipinski definition) is 0. The van der Waals surface area contributed by atoms with E-state index in [4.69, 9.17) is 16.3 Å². The molecule has 0 aliphatic carbocycles. The van der Waals surface area contributed by atoms with E-state index in [1.165, 1.54) is 0 Å². The van der Waals surface area contributed by atoms with Crippen molar-refractivity contribution in [3.05, 3.63) is 80.5 Å².